The molecule has 3 aromatic carbocycles. The number of sulfonamides is 1. The summed E-state index contributed by atoms with van der Waals surface area (Å²) in [6, 6.07) is 24.4. The maximum atomic E-state index is 13.1. The van der Waals surface area contributed by atoms with Gasteiger partial charge in [0.1, 0.15) is 0 Å². The highest BCUT2D eigenvalue weighted by molar-refractivity contribution is 7.89. The Kier molecular flexibility index (Phi) is 9.03. The summed E-state index contributed by atoms with van der Waals surface area (Å²) in [5.74, 6) is -0.709. The van der Waals surface area contributed by atoms with Crippen molar-refractivity contribution in [2.75, 3.05) is 24.2 Å². The fraction of sp³-hybridized carbons (Fsp3) is 0.375. The van der Waals surface area contributed by atoms with Gasteiger partial charge in [-0.05, 0) is 54.4 Å². The molecule has 4 rings (SSSR count). The molecular weight excluding hydrogens is 508 g/mol. The molecule has 1 amide bonds. The van der Waals surface area contributed by atoms with E-state index in [-0.39, 0.29) is 29.4 Å². The monoisotopic (exact) mass is 546 g/mol. The molecule has 1 aliphatic heterocycles. The SMILES string of the molecule is CC(C)(C)c1ccc(C(=O)c2cccc(NC(=O)C3CCCN(S(=O)(=O)CCCc4ccccc4)C3)c2)cc1. The average Bonchev–Trinajstić information content (AvgIpc) is 2.93. The van der Waals surface area contributed by atoms with Gasteiger partial charge in [0.25, 0.3) is 0 Å². The zero-order valence-electron chi connectivity index (χ0n) is 23.0. The van der Waals surface area contributed by atoms with Crippen LogP contribution in [0, 0.1) is 5.92 Å². The summed E-state index contributed by atoms with van der Waals surface area (Å²) < 4.78 is 27.4. The molecule has 0 aliphatic carbocycles. The molecule has 3 aromatic rings. The number of nitrogens with zero attached hydrogens (tertiary/aromatic N) is 1. The fourth-order valence-corrected chi connectivity index (χ4v) is 6.49. The van der Waals surface area contributed by atoms with Crippen LogP contribution >= 0.6 is 0 Å². The summed E-state index contributed by atoms with van der Waals surface area (Å²) in [5, 5.41) is 2.91. The number of nitrogens with one attached hydrogen (secondary N) is 1. The number of rotatable bonds is 9. The second kappa shape index (κ2) is 12.3. The normalized spacial score (nSPS) is 16.5. The van der Waals surface area contributed by atoms with Crippen molar-refractivity contribution < 1.29 is 18.0 Å². The lowest BCUT2D eigenvalue weighted by molar-refractivity contribution is -0.120. The van der Waals surface area contributed by atoms with Crippen molar-refractivity contribution in [3.8, 4) is 0 Å². The summed E-state index contributed by atoms with van der Waals surface area (Å²) in [5.41, 5.74) is 3.88. The highest BCUT2D eigenvalue weighted by Gasteiger charge is 2.32. The van der Waals surface area contributed by atoms with E-state index in [1.54, 1.807) is 24.3 Å². The molecule has 1 saturated heterocycles. The molecule has 206 valence electrons. The van der Waals surface area contributed by atoms with Crippen molar-refractivity contribution in [1.29, 1.82) is 0 Å². The number of carbonyl (C=O) groups is 2. The lowest BCUT2D eigenvalue weighted by atomic mass is 9.86. The zero-order chi connectivity index (χ0) is 28.0. The minimum atomic E-state index is -3.45. The van der Waals surface area contributed by atoms with Gasteiger partial charge in [-0.2, -0.15) is 0 Å². The van der Waals surface area contributed by atoms with Crippen LogP contribution in [0.5, 0.6) is 0 Å². The quantitative estimate of drug-likeness (QED) is 0.343. The molecule has 0 aromatic heterocycles. The molecule has 1 atom stereocenters. The second-order valence-corrected chi connectivity index (χ2v) is 13.4. The zero-order valence-corrected chi connectivity index (χ0v) is 23.8. The smallest absolute Gasteiger partial charge is 0.228 e. The van der Waals surface area contributed by atoms with Gasteiger partial charge in [-0.1, -0.05) is 87.5 Å². The van der Waals surface area contributed by atoms with Gasteiger partial charge in [-0.15, -0.1) is 0 Å². The van der Waals surface area contributed by atoms with Crippen LogP contribution < -0.4 is 5.32 Å². The van der Waals surface area contributed by atoms with Crippen LogP contribution in [-0.2, 0) is 26.7 Å². The van der Waals surface area contributed by atoms with Gasteiger partial charge in [0, 0.05) is 29.9 Å². The molecule has 6 nitrogen and oxygen atoms in total. The number of ketones is 1. The first-order valence-electron chi connectivity index (χ1n) is 13.6. The fourth-order valence-electron chi connectivity index (χ4n) is 4.91. The van der Waals surface area contributed by atoms with Gasteiger partial charge >= 0.3 is 0 Å². The Morgan fingerprint density at radius 1 is 0.923 bits per heavy atom. The van der Waals surface area contributed by atoms with E-state index >= 15 is 0 Å². The minimum Gasteiger partial charge on any atom is -0.326 e. The summed E-state index contributed by atoms with van der Waals surface area (Å²) in [6.07, 6.45) is 2.51. The van der Waals surface area contributed by atoms with Crippen molar-refractivity contribution in [3.05, 3.63) is 101 Å². The van der Waals surface area contributed by atoms with Gasteiger partial charge in [0.05, 0.1) is 11.7 Å². The summed E-state index contributed by atoms with van der Waals surface area (Å²) in [7, 11) is -3.45. The van der Waals surface area contributed by atoms with Crippen molar-refractivity contribution in [3.63, 3.8) is 0 Å². The topological polar surface area (TPSA) is 83.6 Å². The predicted octanol–water partition coefficient (Wildman–Crippen LogP) is 5.83. The molecular formula is C32H38N2O4S. The standard InChI is InChI=1S/C32H38N2O4S/c1-32(2,3)28-18-16-25(17-19-28)30(35)26-13-7-15-29(22-26)33-31(36)27-14-8-20-34(23-27)39(37,38)21-9-12-24-10-5-4-6-11-24/h4-7,10-11,13,15-19,22,27H,8-9,12,14,20-21,23H2,1-3H3,(H,33,36). The van der Waals surface area contributed by atoms with Crippen molar-refractivity contribution in [1.82, 2.24) is 4.31 Å². The highest BCUT2D eigenvalue weighted by atomic mass is 32.2. The largest absolute Gasteiger partial charge is 0.326 e. The summed E-state index contributed by atoms with van der Waals surface area (Å²) in [4.78, 5) is 26.2. The lowest BCUT2D eigenvalue weighted by Crippen LogP contribution is -2.44. The van der Waals surface area contributed by atoms with E-state index in [4.69, 9.17) is 0 Å². The number of anilines is 1. The molecule has 0 bridgehead atoms. The van der Waals surface area contributed by atoms with Gasteiger partial charge in [-0.3, -0.25) is 9.59 Å². The van der Waals surface area contributed by atoms with Crippen LogP contribution in [0.1, 0.15) is 67.1 Å². The van der Waals surface area contributed by atoms with Crippen LogP contribution in [-0.4, -0.2) is 43.3 Å². The summed E-state index contributed by atoms with van der Waals surface area (Å²) >= 11 is 0. The number of amides is 1. The molecule has 1 aliphatic rings. The predicted molar refractivity (Wildman–Crippen MR) is 156 cm³/mol. The molecule has 1 unspecified atom stereocenters. The van der Waals surface area contributed by atoms with Gasteiger partial charge < -0.3 is 5.32 Å². The van der Waals surface area contributed by atoms with Gasteiger partial charge in [-0.25, -0.2) is 12.7 Å². The Labute approximate surface area is 232 Å². The number of aryl methyl sites for hydroxylation is 1. The maximum Gasteiger partial charge on any atom is 0.228 e. The van der Waals surface area contributed by atoms with E-state index in [0.717, 1.165) is 11.1 Å². The Bertz CT molecular complexity index is 1390. The molecule has 1 heterocycles. The van der Waals surface area contributed by atoms with Crippen molar-refractivity contribution in [2.24, 2.45) is 5.92 Å². The Morgan fingerprint density at radius 2 is 1.64 bits per heavy atom. The molecule has 0 radical (unpaired) electrons. The minimum absolute atomic E-state index is 0.00195. The number of piperidine rings is 1. The van der Waals surface area contributed by atoms with E-state index in [0.29, 0.717) is 49.0 Å². The van der Waals surface area contributed by atoms with E-state index in [2.05, 4.69) is 26.1 Å². The van der Waals surface area contributed by atoms with Crippen LogP contribution in [0.4, 0.5) is 5.69 Å². The lowest BCUT2D eigenvalue weighted by Gasteiger charge is -2.31. The number of benzene rings is 3. The van der Waals surface area contributed by atoms with Crippen molar-refractivity contribution >= 4 is 27.4 Å². The third-order valence-corrected chi connectivity index (χ3v) is 9.19. The first-order chi connectivity index (χ1) is 18.5. The van der Waals surface area contributed by atoms with Gasteiger partial charge in [0.2, 0.25) is 15.9 Å². The molecule has 1 N–H and O–H groups in total. The second-order valence-electron chi connectivity index (χ2n) is 11.3. The number of carbonyl (C=O) groups excluding carboxylic acids is 2. The molecule has 39 heavy (non-hydrogen) atoms. The number of hydrogen-bond donors (Lipinski definition) is 1. The first kappa shape index (κ1) is 28.7. The Morgan fingerprint density at radius 3 is 2.33 bits per heavy atom. The maximum absolute atomic E-state index is 13.1. The van der Waals surface area contributed by atoms with E-state index in [1.807, 2.05) is 54.6 Å². The van der Waals surface area contributed by atoms with Gasteiger partial charge in [0.15, 0.2) is 5.78 Å². The van der Waals surface area contributed by atoms with E-state index < -0.39 is 15.9 Å². The van der Waals surface area contributed by atoms with Crippen LogP contribution in [0.15, 0.2) is 78.9 Å². The number of hydrogen-bond acceptors (Lipinski definition) is 4. The molecule has 7 heteroatoms. The first-order valence-corrected chi connectivity index (χ1v) is 15.2. The van der Waals surface area contributed by atoms with E-state index in [1.165, 1.54) is 4.31 Å². The van der Waals surface area contributed by atoms with E-state index in [9.17, 15) is 18.0 Å². The third-order valence-electron chi connectivity index (χ3n) is 7.26. The van der Waals surface area contributed by atoms with Crippen LogP contribution in [0.2, 0.25) is 0 Å². The van der Waals surface area contributed by atoms with Crippen LogP contribution in [0.3, 0.4) is 0 Å². The average molecular weight is 547 g/mol. The highest BCUT2D eigenvalue weighted by Crippen LogP contribution is 2.25. The Balaban J connectivity index is 1.35. The molecule has 0 saturated carbocycles. The third kappa shape index (κ3) is 7.64. The summed E-state index contributed by atoms with van der Waals surface area (Å²) in [6.45, 7) is 7.00. The molecule has 0 spiro atoms. The van der Waals surface area contributed by atoms with Crippen molar-refractivity contribution in [2.45, 2.75) is 51.9 Å². The Hall–Kier alpha value is -3.29. The van der Waals surface area contributed by atoms with Crippen LogP contribution in [0.25, 0.3) is 0 Å². The molecule has 1 fully saturated rings.